The van der Waals surface area contributed by atoms with Crippen LogP contribution in [0.15, 0.2) is 53.3 Å². The average Bonchev–Trinajstić information content (AvgIpc) is 3.47. The van der Waals surface area contributed by atoms with Crippen molar-refractivity contribution in [3.63, 3.8) is 0 Å². The predicted molar refractivity (Wildman–Crippen MR) is 127 cm³/mol. The lowest BCUT2D eigenvalue weighted by atomic mass is 9.98. The van der Waals surface area contributed by atoms with Gasteiger partial charge in [-0.05, 0) is 46.9 Å². The number of alkyl halides is 3. The quantitative estimate of drug-likeness (QED) is 0.359. The summed E-state index contributed by atoms with van der Waals surface area (Å²) in [6.07, 6.45) is -3.52. The van der Waals surface area contributed by atoms with E-state index in [0.717, 1.165) is 26.8 Å². The summed E-state index contributed by atoms with van der Waals surface area (Å²) in [5.41, 5.74) is 1.96. The van der Waals surface area contributed by atoms with E-state index in [-0.39, 0.29) is 18.7 Å². The molecule has 35 heavy (non-hydrogen) atoms. The Morgan fingerprint density at radius 1 is 1.03 bits per heavy atom. The number of imidazole rings is 1. The lowest BCUT2D eigenvalue weighted by molar-refractivity contribution is -0.145. The fourth-order valence-electron chi connectivity index (χ4n) is 4.34. The number of aromatic amines is 1. The van der Waals surface area contributed by atoms with Gasteiger partial charge >= 0.3 is 11.9 Å². The van der Waals surface area contributed by atoms with Crippen molar-refractivity contribution in [1.29, 1.82) is 0 Å². The second-order valence-electron chi connectivity index (χ2n) is 8.53. The van der Waals surface area contributed by atoms with Gasteiger partial charge in [-0.2, -0.15) is 13.2 Å². The van der Waals surface area contributed by atoms with Crippen molar-refractivity contribution in [2.24, 2.45) is 0 Å². The molecule has 0 amide bonds. The Morgan fingerprint density at radius 3 is 2.29 bits per heavy atom. The van der Waals surface area contributed by atoms with E-state index in [9.17, 15) is 18.0 Å². The van der Waals surface area contributed by atoms with Crippen LogP contribution >= 0.6 is 0 Å². The fraction of sp³-hybridized carbons (Fsp3) is 0.360. The molecule has 2 heterocycles. The summed E-state index contributed by atoms with van der Waals surface area (Å²) in [6, 6.07) is 14.5. The van der Waals surface area contributed by atoms with E-state index >= 15 is 0 Å². The molecule has 7 nitrogen and oxygen atoms in total. The second kappa shape index (κ2) is 9.89. The number of nitrogens with one attached hydrogen (secondary N) is 1. The molecule has 2 aromatic heterocycles. The van der Waals surface area contributed by atoms with Gasteiger partial charge in [-0.25, -0.2) is 9.89 Å². The molecule has 1 unspecified atom stereocenters. The average molecular weight is 485 g/mol. The van der Waals surface area contributed by atoms with Gasteiger partial charge in [0.25, 0.3) is 0 Å². The molecule has 4 aromatic rings. The maximum Gasteiger partial charge on any atom is 0.433 e. The zero-order chi connectivity index (χ0) is 25.2. The largest absolute Gasteiger partial charge is 0.433 e. The van der Waals surface area contributed by atoms with Crippen LogP contribution < -0.4 is 5.69 Å². The SMILES string of the molecule is CCCc1c(C(F)(F)F)n(C(C)CC)c(=O)n1Cc1ccc(-c2ccccc2-c2nnn[nH]2)cc1. The molecular weight excluding hydrogens is 457 g/mol. The predicted octanol–water partition coefficient (Wildman–Crippen LogP) is 5.49. The number of rotatable bonds is 8. The number of halogens is 3. The van der Waals surface area contributed by atoms with E-state index in [1.165, 1.54) is 4.57 Å². The van der Waals surface area contributed by atoms with Crippen molar-refractivity contribution in [3.8, 4) is 22.5 Å². The van der Waals surface area contributed by atoms with Crippen molar-refractivity contribution in [3.05, 3.63) is 76.0 Å². The third kappa shape index (κ3) is 4.78. The molecule has 0 saturated carbocycles. The van der Waals surface area contributed by atoms with Gasteiger partial charge < -0.3 is 0 Å². The fourth-order valence-corrected chi connectivity index (χ4v) is 4.34. The minimum atomic E-state index is -4.61. The van der Waals surface area contributed by atoms with E-state index in [1.807, 2.05) is 55.5 Å². The highest BCUT2D eigenvalue weighted by Gasteiger charge is 2.41. The first-order valence-corrected chi connectivity index (χ1v) is 11.6. The summed E-state index contributed by atoms with van der Waals surface area (Å²) >= 11 is 0. The zero-order valence-corrected chi connectivity index (χ0v) is 19.8. The molecular formula is C25H27F3N6O. The molecule has 0 aliphatic rings. The van der Waals surface area contributed by atoms with Crippen molar-refractivity contribution >= 4 is 0 Å². The monoisotopic (exact) mass is 484 g/mol. The van der Waals surface area contributed by atoms with Crippen LogP contribution in [0.5, 0.6) is 0 Å². The van der Waals surface area contributed by atoms with Gasteiger partial charge in [0.05, 0.1) is 12.2 Å². The Bertz CT molecular complexity index is 1340. The van der Waals surface area contributed by atoms with Gasteiger partial charge in [0.2, 0.25) is 0 Å². The standard InChI is InChI=1S/C25H27F3N6O/c1-4-8-21-22(25(26,27)28)34(16(3)5-2)24(35)33(21)15-17-11-13-18(14-12-17)19-9-6-7-10-20(19)23-29-31-32-30-23/h6-7,9-14,16H,4-5,8,15H2,1-3H3,(H,29,30,31,32). The number of nitrogens with zero attached hydrogens (tertiary/aromatic N) is 5. The van der Waals surface area contributed by atoms with Crippen molar-refractivity contribution in [2.75, 3.05) is 0 Å². The second-order valence-corrected chi connectivity index (χ2v) is 8.53. The minimum Gasteiger partial charge on any atom is -0.291 e. The first kappa shape index (κ1) is 24.4. The van der Waals surface area contributed by atoms with Crippen LogP contribution in [0, 0.1) is 0 Å². The first-order valence-electron chi connectivity index (χ1n) is 11.6. The lowest BCUT2D eigenvalue weighted by Crippen LogP contribution is -2.29. The molecule has 184 valence electrons. The highest BCUT2D eigenvalue weighted by molar-refractivity contribution is 5.80. The van der Waals surface area contributed by atoms with E-state index in [2.05, 4.69) is 20.6 Å². The minimum absolute atomic E-state index is 0.0394. The summed E-state index contributed by atoms with van der Waals surface area (Å²) in [6.45, 7) is 5.30. The number of hydrogen-bond acceptors (Lipinski definition) is 4. The summed E-state index contributed by atoms with van der Waals surface area (Å²) < 4.78 is 44.4. The molecule has 0 saturated heterocycles. The first-order chi connectivity index (χ1) is 16.8. The van der Waals surface area contributed by atoms with Crippen LogP contribution in [0.1, 0.15) is 56.6 Å². The number of benzene rings is 2. The lowest BCUT2D eigenvalue weighted by Gasteiger charge is -2.16. The van der Waals surface area contributed by atoms with Crippen LogP contribution in [-0.4, -0.2) is 29.8 Å². The highest BCUT2D eigenvalue weighted by Crippen LogP contribution is 2.35. The summed E-state index contributed by atoms with van der Waals surface area (Å²) in [5.74, 6) is 0.534. The molecule has 0 fully saturated rings. The highest BCUT2D eigenvalue weighted by atomic mass is 19.4. The van der Waals surface area contributed by atoms with Crippen LogP contribution in [0.2, 0.25) is 0 Å². The van der Waals surface area contributed by atoms with Gasteiger partial charge in [0, 0.05) is 11.6 Å². The molecule has 1 atom stereocenters. The molecule has 0 bridgehead atoms. The summed E-state index contributed by atoms with van der Waals surface area (Å²) in [7, 11) is 0. The van der Waals surface area contributed by atoms with Gasteiger partial charge in [0.1, 0.15) is 5.69 Å². The number of tetrazole rings is 1. The van der Waals surface area contributed by atoms with Gasteiger partial charge in [-0.15, -0.1) is 5.10 Å². The molecule has 2 aromatic carbocycles. The molecule has 1 N–H and O–H groups in total. The van der Waals surface area contributed by atoms with Crippen LogP contribution in [0.25, 0.3) is 22.5 Å². The Hall–Kier alpha value is -3.69. The Morgan fingerprint density at radius 2 is 1.71 bits per heavy atom. The van der Waals surface area contributed by atoms with E-state index < -0.39 is 23.6 Å². The normalized spacial score (nSPS) is 12.7. The Labute approximate surface area is 200 Å². The molecule has 0 spiro atoms. The molecule has 0 radical (unpaired) electrons. The molecule has 4 rings (SSSR count). The van der Waals surface area contributed by atoms with E-state index in [4.69, 9.17) is 0 Å². The topological polar surface area (TPSA) is 81.4 Å². The summed E-state index contributed by atoms with van der Waals surface area (Å²) in [5, 5.41) is 14.0. The molecule has 0 aliphatic heterocycles. The third-order valence-corrected chi connectivity index (χ3v) is 6.20. The maximum absolute atomic E-state index is 14.1. The third-order valence-electron chi connectivity index (χ3n) is 6.20. The smallest absolute Gasteiger partial charge is 0.291 e. The van der Waals surface area contributed by atoms with Crippen molar-refractivity contribution < 1.29 is 13.2 Å². The van der Waals surface area contributed by atoms with Gasteiger partial charge in [0.15, 0.2) is 5.82 Å². The molecule has 10 heteroatoms. The zero-order valence-electron chi connectivity index (χ0n) is 19.8. The van der Waals surface area contributed by atoms with Crippen molar-refractivity contribution in [2.45, 2.75) is 58.8 Å². The van der Waals surface area contributed by atoms with Crippen LogP contribution in [0.4, 0.5) is 13.2 Å². The van der Waals surface area contributed by atoms with Gasteiger partial charge in [-0.1, -0.05) is 68.8 Å². The van der Waals surface area contributed by atoms with Crippen LogP contribution in [-0.2, 0) is 19.1 Å². The van der Waals surface area contributed by atoms with E-state index in [0.29, 0.717) is 18.7 Å². The van der Waals surface area contributed by atoms with E-state index in [1.54, 1.807) is 13.8 Å². The summed E-state index contributed by atoms with van der Waals surface area (Å²) in [4.78, 5) is 13.2. The van der Waals surface area contributed by atoms with Crippen molar-refractivity contribution in [1.82, 2.24) is 29.8 Å². The number of aromatic nitrogens is 6. The Balaban J connectivity index is 1.73. The number of hydrogen-bond donors (Lipinski definition) is 1. The molecule has 0 aliphatic carbocycles. The van der Waals surface area contributed by atoms with Crippen LogP contribution in [0.3, 0.4) is 0 Å². The number of H-pyrrole nitrogens is 1. The Kier molecular flexibility index (Phi) is 6.90. The maximum atomic E-state index is 14.1. The van der Waals surface area contributed by atoms with Gasteiger partial charge in [-0.3, -0.25) is 9.13 Å².